The molecule has 0 bridgehead atoms. The predicted molar refractivity (Wildman–Crippen MR) is 293 cm³/mol. The molecule has 0 spiro atoms. The molecular weight excluding hydrogens is 1380 g/mol. The van der Waals surface area contributed by atoms with Gasteiger partial charge in [0.2, 0.25) is 17.5 Å². The quantitative estimate of drug-likeness (QED) is 0.0726. The van der Waals surface area contributed by atoms with Gasteiger partial charge in [-0.15, -0.1) is 30.6 Å². The van der Waals surface area contributed by atoms with Crippen LogP contribution in [0, 0.1) is 11.6 Å². The molecule has 0 radical (unpaired) electrons. The molecule has 1 saturated heterocycles. The topological polar surface area (TPSA) is 215 Å². The van der Waals surface area contributed by atoms with Gasteiger partial charge in [-0.3, -0.25) is 13.2 Å². The molecule has 0 saturated carbocycles. The minimum absolute atomic E-state index is 0. The summed E-state index contributed by atoms with van der Waals surface area (Å²) in [5.41, 5.74) is -2.53. The Bertz CT molecular complexity index is 3520. The molecule has 1 aliphatic rings. The van der Waals surface area contributed by atoms with Gasteiger partial charge in [-0.1, -0.05) is 14.9 Å². The Kier molecular flexibility index (Phi) is 29.2. The van der Waals surface area contributed by atoms with Crippen LogP contribution in [-0.2, 0) is 36.4 Å². The fraction of sp³-hybridized carbons (Fsp3) is 0.440. The molecule has 19 nitrogen and oxygen atoms in total. The Labute approximate surface area is 538 Å². The molecule has 9 heterocycles. The van der Waals surface area contributed by atoms with E-state index in [9.17, 15) is 61.5 Å². The van der Waals surface area contributed by atoms with Crippen molar-refractivity contribution >= 4 is 73.0 Å². The molecule has 1 fully saturated rings. The molecule has 1 atom stereocenters. The Hall–Kier alpha value is -5.15. The van der Waals surface area contributed by atoms with Crippen molar-refractivity contribution in [2.75, 3.05) is 28.4 Å². The molecule has 0 unspecified atom stereocenters. The second kappa shape index (κ2) is 31.7. The number of alkyl halides is 13. The zero-order chi connectivity index (χ0) is 64.6. The van der Waals surface area contributed by atoms with E-state index in [2.05, 4.69) is 91.4 Å². The average molecular weight is 1430 g/mol. The number of aliphatic hydroxyl groups excluding tert-OH is 1. The summed E-state index contributed by atoms with van der Waals surface area (Å²) in [6.07, 6.45) is -12.3. The van der Waals surface area contributed by atoms with E-state index in [4.69, 9.17) is 31.1 Å². The van der Waals surface area contributed by atoms with Crippen LogP contribution in [0.4, 0.5) is 61.5 Å². The van der Waals surface area contributed by atoms with E-state index in [-0.39, 0.29) is 66.6 Å². The number of pyridine rings is 5. The number of aliphatic hydroxyl groups is 1. The zero-order valence-electron chi connectivity index (χ0n) is 46.8. The van der Waals surface area contributed by atoms with Crippen LogP contribution in [0.3, 0.4) is 0 Å². The van der Waals surface area contributed by atoms with Crippen LogP contribution in [0.25, 0.3) is 28.1 Å². The average Bonchev–Trinajstić information content (AvgIpc) is 1.96. The van der Waals surface area contributed by atoms with E-state index in [1.807, 2.05) is 27.7 Å². The second-order valence-electron chi connectivity index (χ2n) is 18.4. The van der Waals surface area contributed by atoms with Crippen molar-refractivity contribution in [3.05, 3.63) is 118 Å². The maximum Gasteiger partial charge on any atom is 1.00 e. The standard InChI is InChI=1S/C17H14F6N4O2.C14H18BF4NO3.C8H6BrF2N3O.C7H3BrClF2N3.CH4O.CH3O.2CH4.Na/c1-15(2,17(21,22)23)29-13-11(18)6-10(7-24-13)9-4-5-12-25-26-14(27(12)8-9)16(19,20)28-3;1-8(14(17,18)19)21-11-10(16)6-9(7-20-11)15-22-12(2,3)13(4,5)23-15;1-15-8(10,11)7-13-12-6-3-2-5(9)4-14(6)7;8-4-1-2-5-12-13-6(7(9,10)11)14(5)3-4;2*1-2;;;/h4-8H,1-3H3;6-8H,1-5H3;2-4H,1H3;1-3H;2H,1H3;1H3;2*1H4;/q;;;;;-1;;;+1/t;8-;;;;;;;/m.0......./s1. The summed E-state index contributed by atoms with van der Waals surface area (Å²) in [6, 6.07) is 11.2. The van der Waals surface area contributed by atoms with Gasteiger partial charge in [-0.25, -0.2) is 18.7 Å². The van der Waals surface area contributed by atoms with E-state index in [1.165, 1.54) is 41.3 Å². The maximum atomic E-state index is 14.3. The fourth-order valence-electron chi connectivity index (χ4n) is 6.39. The van der Waals surface area contributed by atoms with Gasteiger partial charge in [0.15, 0.2) is 40.3 Å². The van der Waals surface area contributed by atoms with E-state index in [1.54, 1.807) is 24.3 Å². The maximum absolute atomic E-state index is 14.3. The monoisotopic (exact) mass is 1430 g/mol. The van der Waals surface area contributed by atoms with Crippen LogP contribution in [0.1, 0.15) is 80.8 Å². The number of nitrogens with zero attached hydrogens (tertiary/aromatic N) is 11. The van der Waals surface area contributed by atoms with Gasteiger partial charge in [-0.05, 0) is 140 Å². The van der Waals surface area contributed by atoms with Crippen LogP contribution < -0.4 is 49.6 Å². The first kappa shape index (κ1) is 80.9. The fourth-order valence-corrected chi connectivity index (χ4v) is 7.19. The van der Waals surface area contributed by atoms with Gasteiger partial charge in [0.05, 0.1) is 11.2 Å². The van der Waals surface area contributed by atoms with Crippen molar-refractivity contribution in [3.63, 3.8) is 0 Å². The van der Waals surface area contributed by atoms with Crippen LogP contribution in [0.5, 0.6) is 11.8 Å². The van der Waals surface area contributed by atoms with Crippen LogP contribution in [0.15, 0.2) is 88.5 Å². The van der Waals surface area contributed by atoms with Crippen LogP contribution in [-0.4, -0.2) is 130 Å². The number of aromatic nitrogens is 11. The van der Waals surface area contributed by atoms with Crippen molar-refractivity contribution < 1.29 is 129 Å². The SMILES string of the molecule is C.C.CO.COC(F)(F)c1nnc2ccc(-c3cnc(OC(C)(C)C(F)(F)F)c(F)c3)cn12.COC(F)(F)c1nnc2ccc(Br)cn12.C[C@H](Oc1ncc(B2OC(C)(C)C(C)(C)O2)cc1F)C(F)(F)F.C[O-].FC(F)(Cl)c1nnc2ccc(Br)cn12.[Na+]. The molecule has 9 rings (SSSR count). The summed E-state index contributed by atoms with van der Waals surface area (Å²) in [5, 5.41) is 32.6. The molecule has 482 valence electrons. The molecule has 88 heavy (non-hydrogen) atoms. The van der Waals surface area contributed by atoms with Gasteiger partial charge >= 0.3 is 66.6 Å². The largest absolute Gasteiger partial charge is 1.00 e. The number of rotatable bonds is 11. The third kappa shape index (κ3) is 19.7. The summed E-state index contributed by atoms with van der Waals surface area (Å²) >= 11 is 11.2. The van der Waals surface area contributed by atoms with Gasteiger partial charge in [-0.2, -0.15) is 59.8 Å². The molecule has 38 heteroatoms. The number of hydrogen-bond donors (Lipinski definition) is 1. The van der Waals surface area contributed by atoms with Crippen molar-refractivity contribution in [1.82, 2.24) is 53.8 Å². The second-order valence-corrected chi connectivity index (χ2v) is 20.7. The van der Waals surface area contributed by atoms with Crippen LogP contribution >= 0.6 is 43.5 Å². The Morgan fingerprint density at radius 1 is 0.614 bits per heavy atom. The van der Waals surface area contributed by atoms with E-state index in [0.29, 0.717) is 20.2 Å². The molecule has 0 amide bonds. The predicted octanol–water partition coefficient (Wildman–Crippen LogP) is 9.02. The molecule has 8 aromatic rings. The molecule has 1 N–H and O–H groups in total. The van der Waals surface area contributed by atoms with Gasteiger partial charge < -0.3 is 38.5 Å². The van der Waals surface area contributed by atoms with Crippen LogP contribution in [0.2, 0.25) is 0 Å². The van der Waals surface area contributed by atoms with Gasteiger partial charge in [0.1, 0.15) is 0 Å². The first-order valence-corrected chi connectivity index (χ1v) is 25.5. The van der Waals surface area contributed by atoms with Gasteiger partial charge in [0.25, 0.3) is 11.8 Å². The summed E-state index contributed by atoms with van der Waals surface area (Å²) in [5.74, 6) is -5.63. The normalized spacial score (nSPS) is 14.1. The molecule has 1 aliphatic heterocycles. The summed E-state index contributed by atoms with van der Waals surface area (Å²) in [4.78, 5) is 7.21. The zero-order valence-corrected chi connectivity index (χ0v) is 52.7. The number of halogens is 17. The molecule has 0 aromatic carbocycles. The van der Waals surface area contributed by atoms with Crippen molar-refractivity contribution in [3.8, 4) is 22.9 Å². The molecule has 0 aliphatic carbocycles. The molecular formula is C50H56BBr2ClF14N11NaO8. The number of ether oxygens (including phenoxy) is 4. The Morgan fingerprint density at radius 3 is 1.41 bits per heavy atom. The van der Waals surface area contributed by atoms with Crippen molar-refractivity contribution in [2.45, 2.75) is 116 Å². The number of fused-ring (bicyclic) bond motifs is 3. The van der Waals surface area contributed by atoms with E-state index >= 15 is 0 Å². The van der Waals surface area contributed by atoms with Crippen molar-refractivity contribution in [1.29, 1.82) is 0 Å². The van der Waals surface area contributed by atoms with E-state index in [0.717, 1.165) is 76.3 Å². The number of methoxy groups -OCH3 is 2. The molecule has 8 aromatic heterocycles. The minimum Gasteiger partial charge on any atom is -0.857 e. The van der Waals surface area contributed by atoms with Gasteiger partial charge in [0, 0.05) is 77.8 Å². The summed E-state index contributed by atoms with van der Waals surface area (Å²) < 4.78 is 217. The number of hydrogen-bond acceptors (Lipinski definition) is 16. The van der Waals surface area contributed by atoms with E-state index < -0.39 is 101 Å². The third-order valence-electron chi connectivity index (χ3n) is 11.7. The summed E-state index contributed by atoms with van der Waals surface area (Å²) in [7, 11) is 2.61. The third-order valence-corrected chi connectivity index (χ3v) is 12.8. The first-order chi connectivity index (χ1) is 39.2. The van der Waals surface area contributed by atoms with Crippen molar-refractivity contribution in [2.24, 2.45) is 0 Å². The Morgan fingerprint density at radius 2 is 1.01 bits per heavy atom. The first-order valence-electron chi connectivity index (χ1n) is 23.5. The Balaban J connectivity index is 0.000000590. The smallest absolute Gasteiger partial charge is 0.857 e. The minimum atomic E-state index is -4.75. The summed E-state index contributed by atoms with van der Waals surface area (Å²) in [6.45, 7) is 9.58.